The number of rotatable bonds is 8. The molecule has 0 aromatic heterocycles. The molecule has 1 aromatic carbocycles. The molecule has 0 bridgehead atoms. The molecular formula is C15H22N2O. The fraction of sp³-hybridized carbons (Fsp3) is 0.533. The van der Waals surface area contributed by atoms with Crippen molar-refractivity contribution < 1.29 is 4.74 Å². The molecule has 3 heteroatoms. The van der Waals surface area contributed by atoms with Crippen LogP contribution in [0.2, 0.25) is 0 Å². The molecule has 0 saturated carbocycles. The summed E-state index contributed by atoms with van der Waals surface area (Å²) >= 11 is 0. The van der Waals surface area contributed by atoms with Gasteiger partial charge in [0.2, 0.25) is 0 Å². The van der Waals surface area contributed by atoms with Gasteiger partial charge in [-0.2, -0.15) is 5.26 Å². The number of anilines is 1. The minimum atomic E-state index is 0.513. The Hall–Kier alpha value is -1.69. The molecule has 0 saturated heterocycles. The molecular weight excluding hydrogens is 224 g/mol. The summed E-state index contributed by atoms with van der Waals surface area (Å²) in [6, 6.07) is 10.6. The lowest BCUT2D eigenvalue weighted by Crippen LogP contribution is -2.16. The molecule has 3 nitrogen and oxygen atoms in total. The first-order chi connectivity index (χ1) is 8.80. The normalized spacial score (nSPS) is 10.1. The number of unbranched alkanes of at least 4 members (excludes halogenated alkanes) is 1. The van der Waals surface area contributed by atoms with E-state index in [1.807, 2.05) is 18.2 Å². The Kier molecular flexibility index (Phi) is 6.71. The van der Waals surface area contributed by atoms with Gasteiger partial charge in [-0.15, -0.1) is 0 Å². The van der Waals surface area contributed by atoms with Crippen LogP contribution in [0.5, 0.6) is 5.75 Å². The molecule has 1 aromatic rings. The zero-order valence-electron chi connectivity index (χ0n) is 11.3. The SMILES string of the molecule is CCC(CC)Nc1cccc(OCCCC#N)c1. The van der Waals surface area contributed by atoms with Crippen molar-refractivity contribution in [2.24, 2.45) is 0 Å². The number of hydrogen-bond acceptors (Lipinski definition) is 3. The average molecular weight is 246 g/mol. The molecule has 0 aliphatic heterocycles. The summed E-state index contributed by atoms with van der Waals surface area (Å²) in [5.41, 5.74) is 1.10. The lowest BCUT2D eigenvalue weighted by atomic mass is 10.1. The van der Waals surface area contributed by atoms with Crippen molar-refractivity contribution in [3.8, 4) is 11.8 Å². The number of nitrogens with one attached hydrogen (secondary N) is 1. The molecule has 0 unspecified atom stereocenters. The number of nitriles is 1. The summed E-state index contributed by atoms with van der Waals surface area (Å²) in [5, 5.41) is 11.9. The first-order valence-corrected chi connectivity index (χ1v) is 6.66. The third-order valence-corrected chi connectivity index (χ3v) is 2.89. The summed E-state index contributed by atoms with van der Waals surface area (Å²) < 4.78 is 5.61. The smallest absolute Gasteiger partial charge is 0.121 e. The van der Waals surface area contributed by atoms with Gasteiger partial charge in [-0.25, -0.2) is 0 Å². The fourth-order valence-corrected chi connectivity index (χ4v) is 1.75. The Morgan fingerprint density at radius 1 is 1.33 bits per heavy atom. The van der Waals surface area contributed by atoms with Crippen LogP contribution in [0.3, 0.4) is 0 Å². The van der Waals surface area contributed by atoms with Crippen LogP contribution in [0.4, 0.5) is 5.69 Å². The Morgan fingerprint density at radius 3 is 2.78 bits per heavy atom. The van der Waals surface area contributed by atoms with Gasteiger partial charge in [-0.3, -0.25) is 0 Å². The van der Waals surface area contributed by atoms with E-state index in [0.29, 0.717) is 19.1 Å². The van der Waals surface area contributed by atoms with Crippen LogP contribution < -0.4 is 10.1 Å². The molecule has 0 aliphatic rings. The molecule has 18 heavy (non-hydrogen) atoms. The van der Waals surface area contributed by atoms with Gasteiger partial charge in [-0.1, -0.05) is 19.9 Å². The Bertz CT molecular complexity index is 380. The van der Waals surface area contributed by atoms with Gasteiger partial charge in [0, 0.05) is 24.2 Å². The van der Waals surface area contributed by atoms with Crippen LogP contribution in [-0.4, -0.2) is 12.6 Å². The molecule has 0 spiro atoms. The quantitative estimate of drug-likeness (QED) is 0.706. The number of benzene rings is 1. The van der Waals surface area contributed by atoms with Crippen LogP contribution in [-0.2, 0) is 0 Å². The maximum Gasteiger partial charge on any atom is 0.121 e. The van der Waals surface area contributed by atoms with Crippen LogP contribution in [0.1, 0.15) is 39.5 Å². The van der Waals surface area contributed by atoms with Crippen LogP contribution in [0.15, 0.2) is 24.3 Å². The minimum Gasteiger partial charge on any atom is -0.493 e. The predicted molar refractivity (Wildman–Crippen MR) is 74.8 cm³/mol. The zero-order valence-corrected chi connectivity index (χ0v) is 11.3. The number of nitrogens with zero attached hydrogens (tertiary/aromatic N) is 1. The van der Waals surface area contributed by atoms with Gasteiger partial charge >= 0.3 is 0 Å². The molecule has 1 rings (SSSR count). The highest BCUT2D eigenvalue weighted by Gasteiger charge is 2.03. The molecule has 98 valence electrons. The van der Waals surface area contributed by atoms with E-state index in [2.05, 4.69) is 31.3 Å². The second-order valence-corrected chi connectivity index (χ2v) is 4.30. The van der Waals surface area contributed by atoms with Gasteiger partial charge in [0.15, 0.2) is 0 Å². The van der Waals surface area contributed by atoms with Gasteiger partial charge < -0.3 is 10.1 Å². The van der Waals surface area contributed by atoms with Crippen molar-refractivity contribution in [3.05, 3.63) is 24.3 Å². The first-order valence-electron chi connectivity index (χ1n) is 6.66. The van der Waals surface area contributed by atoms with E-state index < -0.39 is 0 Å². The molecule has 0 aliphatic carbocycles. The standard InChI is InChI=1S/C15H22N2O/c1-3-13(4-2)17-14-8-7-9-15(12-14)18-11-6-5-10-16/h7-9,12-13,17H,3-6,11H2,1-2H3. The second-order valence-electron chi connectivity index (χ2n) is 4.30. The maximum atomic E-state index is 8.45. The van der Waals surface area contributed by atoms with Crippen molar-refractivity contribution in [2.45, 2.75) is 45.6 Å². The van der Waals surface area contributed by atoms with E-state index in [1.54, 1.807) is 0 Å². The number of ether oxygens (including phenoxy) is 1. The van der Waals surface area contributed by atoms with Crippen molar-refractivity contribution >= 4 is 5.69 Å². The van der Waals surface area contributed by atoms with Crippen molar-refractivity contribution in [3.63, 3.8) is 0 Å². The molecule has 1 N–H and O–H groups in total. The van der Waals surface area contributed by atoms with Crippen molar-refractivity contribution in [1.29, 1.82) is 5.26 Å². The lowest BCUT2D eigenvalue weighted by molar-refractivity contribution is 0.313. The van der Waals surface area contributed by atoms with E-state index >= 15 is 0 Å². The molecule has 0 radical (unpaired) electrons. The molecule has 0 atom stereocenters. The summed E-state index contributed by atoms with van der Waals surface area (Å²) in [6.45, 7) is 4.97. The third kappa shape index (κ3) is 5.09. The van der Waals surface area contributed by atoms with Crippen molar-refractivity contribution in [2.75, 3.05) is 11.9 Å². The predicted octanol–water partition coefficient (Wildman–Crippen LogP) is 3.97. The maximum absolute atomic E-state index is 8.45. The lowest BCUT2D eigenvalue weighted by Gasteiger charge is -2.16. The van der Waals surface area contributed by atoms with E-state index in [9.17, 15) is 0 Å². The van der Waals surface area contributed by atoms with Gasteiger partial charge in [0.1, 0.15) is 5.75 Å². The Labute approximate surface area is 110 Å². The topological polar surface area (TPSA) is 45.0 Å². The van der Waals surface area contributed by atoms with E-state index in [0.717, 1.165) is 30.7 Å². The zero-order chi connectivity index (χ0) is 13.2. The van der Waals surface area contributed by atoms with E-state index in [1.165, 1.54) is 0 Å². The minimum absolute atomic E-state index is 0.513. The Morgan fingerprint density at radius 2 is 2.11 bits per heavy atom. The largest absolute Gasteiger partial charge is 0.493 e. The molecule has 0 amide bonds. The van der Waals surface area contributed by atoms with Gasteiger partial charge in [-0.05, 0) is 31.4 Å². The van der Waals surface area contributed by atoms with Crippen LogP contribution >= 0.6 is 0 Å². The highest BCUT2D eigenvalue weighted by Crippen LogP contribution is 2.19. The number of hydrogen-bond donors (Lipinski definition) is 1. The fourth-order valence-electron chi connectivity index (χ4n) is 1.75. The molecule has 0 heterocycles. The average Bonchev–Trinajstić information content (AvgIpc) is 2.41. The summed E-state index contributed by atoms with van der Waals surface area (Å²) in [4.78, 5) is 0. The van der Waals surface area contributed by atoms with Crippen molar-refractivity contribution in [1.82, 2.24) is 0 Å². The monoisotopic (exact) mass is 246 g/mol. The van der Waals surface area contributed by atoms with Crippen LogP contribution in [0.25, 0.3) is 0 Å². The molecule has 0 fully saturated rings. The summed E-state index contributed by atoms with van der Waals surface area (Å²) in [5.74, 6) is 0.865. The Balaban J connectivity index is 2.48. The van der Waals surface area contributed by atoms with E-state index in [4.69, 9.17) is 10.00 Å². The second kappa shape index (κ2) is 8.41. The summed E-state index contributed by atoms with van der Waals surface area (Å²) in [6.07, 6.45) is 3.56. The third-order valence-electron chi connectivity index (χ3n) is 2.89. The van der Waals surface area contributed by atoms with Gasteiger partial charge in [0.05, 0.1) is 12.7 Å². The van der Waals surface area contributed by atoms with E-state index in [-0.39, 0.29) is 0 Å². The highest BCUT2D eigenvalue weighted by atomic mass is 16.5. The highest BCUT2D eigenvalue weighted by molar-refractivity contribution is 5.48. The first kappa shape index (κ1) is 14.4. The van der Waals surface area contributed by atoms with Crippen LogP contribution in [0, 0.1) is 11.3 Å². The van der Waals surface area contributed by atoms with Gasteiger partial charge in [0.25, 0.3) is 0 Å². The summed E-state index contributed by atoms with van der Waals surface area (Å²) in [7, 11) is 0.